The molecule has 0 aromatic heterocycles. The van der Waals surface area contributed by atoms with Crippen LogP contribution in [0.3, 0.4) is 0 Å². The van der Waals surface area contributed by atoms with Crippen molar-refractivity contribution in [1.29, 1.82) is 0 Å². The Labute approximate surface area is 50.7 Å². The molecule has 0 aromatic carbocycles. The van der Waals surface area contributed by atoms with E-state index in [0.29, 0.717) is 0 Å². The molecule has 0 radical (unpaired) electrons. The third-order valence-corrected chi connectivity index (χ3v) is 1.41. The first-order valence-corrected chi connectivity index (χ1v) is 3.41. The maximum Gasteiger partial charge on any atom is -0.00368 e. The third kappa shape index (κ3) is 2.28. The van der Waals surface area contributed by atoms with Crippen molar-refractivity contribution in [2.75, 3.05) is 26.2 Å². The summed E-state index contributed by atoms with van der Waals surface area (Å²) >= 11 is 0. The Kier molecular flexibility index (Phi) is 2.92. The second kappa shape index (κ2) is 3.87. The van der Waals surface area contributed by atoms with Gasteiger partial charge in [0.25, 0.3) is 0 Å². The highest BCUT2D eigenvalue weighted by Gasteiger charge is 1.92. The highest BCUT2D eigenvalue weighted by Crippen LogP contribution is 1.81. The molecule has 0 amide bonds. The topological polar surface area (TPSA) is 24.1 Å². The summed E-state index contributed by atoms with van der Waals surface area (Å²) in [6.07, 6.45) is 2.78. The zero-order valence-corrected chi connectivity index (χ0v) is 5.24. The van der Waals surface area contributed by atoms with E-state index < -0.39 is 0 Å². The Morgan fingerprint density at radius 1 is 0.625 bits per heavy atom. The van der Waals surface area contributed by atoms with Crippen molar-refractivity contribution < 1.29 is 0 Å². The molecule has 2 saturated heterocycles. The molecule has 2 heterocycles. The maximum atomic E-state index is 3.11. The summed E-state index contributed by atoms with van der Waals surface area (Å²) in [7, 11) is 0. The first kappa shape index (κ1) is 6.05. The van der Waals surface area contributed by atoms with Crippen LogP contribution < -0.4 is 10.6 Å². The fraction of sp³-hybridized carbons (Fsp3) is 1.00. The van der Waals surface area contributed by atoms with E-state index in [4.69, 9.17) is 0 Å². The molecule has 0 bridgehead atoms. The highest BCUT2D eigenvalue weighted by atomic mass is 14.9. The first-order chi connectivity index (χ1) is 4.00. The average molecular weight is 114 g/mol. The third-order valence-electron chi connectivity index (χ3n) is 1.41. The van der Waals surface area contributed by atoms with Gasteiger partial charge in [-0.15, -0.1) is 0 Å². The van der Waals surface area contributed by atoms with Crippen LogP contribution in [0.1, 0.15) is 12.8 Å². The second-order valence-electron chi connectivity index (χ2n) is 2.21. The second-order valence-corrected chi connectivity index (χ2v) is 2.21. The van der Waals surface area contributed by atoms with Crippen molar-refractivity contribution in [2.45, 2.75) is 12.8 Å². The van der Waals surface area contributed by atoms with Gasteiger partial charge >= 0.3 is 0 Å². The van der Waals surface area contributed by atoms with E-state index in [1.54, 1.807) is 0 Å². The van der Waals surface area contributed by atoms with E-state index in [2.05, 4.69) is 10.6 Å². The lowest BCUT2D eigenvalue weighted by atomic mass is 10.3. The van der Waals surface area contributed by atoms with E-state index in [0.717, 1.165) is 0 Å². The fourth-order valence-electron chi connectivity index (χ4n) is 0.354. The van der Waals surface area contributed by atoms with E-state index in [1.807, 2.05) is 0 Å². The lowest BCUT2D eigenvalue weighted by Gasteiger charge is -2.09. The molecule has 2 aliphatic rings. The Bertz CT molecular complexity index is 30.5. The van der Waals surface area contributed by atoms with Gasteiger partial charge < -0.3 is 10.6 Å². The molecule has 8 heavy (non-hydrogen) atoms. The van der Waals surface area contributed by atoms with Crippen LogP contribution in [0.15, 0.2) is 0 Å². The number of hydrogen-bond donors (Lipinski definition) is 2. The minimum absolute atomic E-state index is 1.25. The molecule has 0 unspecified atom stereocenters. The summed E-state index contributed by atoms with van der Waals surface area (Å²) in [5.41, 5.74) is 0. The van der Waals surface area contributed by atoms with Crippen LogP contribution in [0.5, 0.6) is 0 Å². The van der Waals surface area contributed by atoms with Gasteiger partial charge in [0.1, 0.15) is 0 Å². The number of rotatable bonds is 0. The van der Waals surface area contributed by atoms with Crippen LogP contribution in [0, 0.1) is 0 Å². The Morgan fingerprint density at radius 2 is 0.750 bits per heavy atom. The quantitative estimate of drug-likeness (QED) is 0.462. The predicted octanol–water partition coefficient (Wildman–Crippen LogP) is -0.0406. The number of hydrogen-bond acceptors (Lipinski definition) is 2. The van der Waals surface area contributed by atoms with Crippen molar-refractivity contribution >= 4 is 0 Å². The highest BCUT2D eigenvalue weighted by molar-refractivity contribution is 4.57. The van der Waals surface area contributed by atoms with Gasteiger partial charge in [-0.2, -0.15) is 0 Å². The van der Waals surface area contributed by atoms with E-state index in [1.165, 1.54) is 39.0 Å². The van der Waals surface area contributed by atoms with Gasteiger partial charge in [0.05, 0.1) is 0 Å². The van der Waals surface area contributed by atoms with Crippen LogP contribution in [0.4, 0.5) is 0 Å². The summed E-state index contributed by atoms with van der Waals surface area (Å²) in [6.45, 7) is 5.00. The SMILES string of the molecule is C1CNC1.C1CNC1. The van der Waals surface area contributed by atoms with Gasteiger partial charge in [-0.1, -0.05) is 0 Å². The summed E-state index contributed by atoms with van der Waals surface area (Å²) in [5, 5.41) is 6.22. The van der Waals surface area contributed by atoms with Gasteiger partial charge in [0, 0.05) is 0 Å². The van der Waals surface area contributed by atoms with E-state index >= 15 is 0 Å². The average Bonchev–Trinajstić information content (AvgIpc) is 1.12. The van der Waals surface area contributed by atoms with Crippen LogP contribution in [-0.4, -0.2) is 26.2 Å². The molecular weight excluding hydrogens is 100 g/mol. The van der Waals surface area contributed by atoms with Gasteiger partial charge in [0.2, 0.25) is 0 Å². The zero-order valence-electron chi connectivity index (χ0n) is 5.24. The summed E-state index contributed by atoms with van der Waals surface area (Å²) in [5.74, 6) is 0. The van der Waals surface area contributed by atoms with Crippen LogP contribution in [-0.2, 0) is 0 Å². The summed E-state index contributed by atoms with van der Waals surface area (Å²) in [4.78, 5) is 0. The normalized spacial score (nSPS) is 24.0. The molecule has 0 atom stereocenters. The molecule has 0 aliphatic carbocycles. The minimum Gasteiger partial charge on any atom is -0.317 e. The van der Waals surface area contributed by atoms with Crippen LogP contribution >= 0.6 is 0 Å². The molecule has 0 spiro atoms. The van der Waals surface area contributed by atoms with Crippen molar-refractivity contribution in [1.82, 2.24) is 10.6 Å². The Morgan fingerprint density at radius 3 is 0.750 bits per heavy atom. The fourth-order valence-corrected chi connectivity index (χ4v) is 0.354. The molecular formula is C6H14N2. The van der Waals surface area contributed by atoms with Gasteiger partial charge in [-0.25, -0.2) is 0 Å². The number of nitrogens with one attached hydrogen (secondary N) is 2. The standard InChI is InChI=1S/2C3H7N/c2*1-2-4-3-1/h2*4H,1-3H2. The minimum atomic E-state index is 1.25. The molecule has 2 fully saturated rings. The zero-order chi connectivity index (χ0) is 5.66. The van der Waals surface area contributed by atoms with Crippen LogP contribution in [0.25, 0.3) is 0 Å². The molecule has 2 rings (SSSR count). The lowest BCUT2D eigenvalue weighted by Crippen LogP contribution is -2.29. The van der Waals surface area contributed by atoms with Crippen molar-refractivity contribution in [2.24, 2.45) is 0 Å². The lowest BCUT2D eigenvalue weighted by molar-refractivity contribution is 0.527. The summed E-state index contributed by atoms with van der Waals surface area (Å²) in [6, 6.07) is 0. The molecule has 48 valence electrons. The van der Waals surface area contributed by atoms with Gasteiger partial charge in [0.15, 0.2) is 0 Å². The predicted molar refractivity (Wildman–Crippen MR) is 35.0 cm³/mol. The van der Waals surface area contributed by atoms with Crippen molar-refractivity contribution in [3.05, 3.63) is 0 Å². The Balaban J connectivity index is 0.0000000800. The molecule has 0 saturated carbocycles. The first-order valence-electron chi connectivity index (χ1n) is 3.41. The summed E-state index contributed by atoms with van der Waals surface area (Å²) < 4.78 is 0. The molecule has 2 N–H and O–H groups in total. The molecule has 2 heteroatoms. The largest absolute Gasteiger partial charge is 0.317 e. The molecule has 0 aromatic rings. The van der Waals surface area contributed by atoms with E-state index in [9.17, 15) is 0 Å². The van der Waals surface area contributed by atoms with E-state index in [-0.39, 0.29) is 0 Å². The smallest absolute Gasteiger partial charge is 0.00368 e. The van der Waals surface area contributed by atoms with Gasteiger partial charge in [-0.05, 0) is 39.0 Å². The molecule has 2 nitrogen and oxygen atoms in total. The Hall–Kier alpha value is -0.0800. The van der Waals surface area contributed by atoms with Crippen LogP contribution in [0.2, 0.25) is 0 Å². The maximum absolute atomic E-state index is 3.11. The molecule has 2 aliphatic heterocycles. The van der Waals surface area contributed by atoms with Crippen molar-refractivity contribution in [3.8, 4) is 0 Å². The monoisotopic (exact) mass is 114 g/mol. The van der Waals surface area contributed by atoms with Gasteiger partial charge in [-0.3, -0.25) is 0 Å². The van der Waals surface area contributed by atoms with Crippen molar-refractivity contribution in [3.63, 3.8) is 0 Å².